The molecule has 0 bridgehead atoms. The van der Waals surface area contributed by atoms with Crippen molar-refractivity contribution in [1.82, 2.24) is 14.1 Å². The van der Waals surface area contributed by atoms with E-state index in [1.54, 1.807) is 47.0 Å². The molecule has 0 saturated heterocycles. The quantitative estimate of drug-likeness (QED) is 0.0529. The fourth-order valence-electron chi connectivity index (χ4n) is 11.7. The number of hydrogen-bond donors (Lipinski definition) is 0. The van der Waals surface area contributed by atoms with E-state index in [0.29, 0.717) is 34.8 Å². The average Bonchev–Trinajstić information content (AvgIpc) is 0.755. The molecule has 0 amide bonds. The molecule has 2 aliphatic rings. The molecule has 3 aromatic heterocycles. The molecule has 15 rings (SSSR count). The second-order valence-corrected chi connectivity index (χ2v) is 24.0. The molecule has 5 nitrogen and oxygen atoms in total. The molecule has 0 radical (unpaired) electrons. The van der Waals surface area contributed by atoms with Gasteiger partial charge in [0.2, 0.25) is 0 Å². The van der Waals surface area contributed by atoms with E-state index < -0.39 is 252 Å². The van der Waals surface area contributed by atoms with Gasteiger partial charge in [-0.05, 0) is 139 Å². The number of pyridine rings is 1. The molecule has 0 spiro atoms. The number of fused-ring (bicyclic) bond motifs is 5. The maximum absolute atomic E-state index is 11.0. The maximum atomic E-state index is 11.0. The number of aromatic nitrogens is 4. The van der Waals surface area contributed by atoms with Gasteiger partial charge in [-0.15, -0.1) is 29.7 Å². The Bertz CT molecular complexity index is 6360. The summed E-state index contributed by atoms with van der Waals surface area (Å²) in [4.78, 5) is 4.84. The molecule has 1 fully saturated rings. The number of rotatable bonds is 12. The second kappa shape index (κ2) is 23.0. The predicted octanol–water partition coefficient (Wildman–Crippen LogP) is 16.3. The number of benzene rings is 10. The Balaban J connectivity index is 0.0000121. The number of para-hydroxylation sites is 4. The van der Waals surface area contributed by atoms with Crippen molar-refractivity contribution in [3.8, 4) is 50.9 Å². The number of imidazole rings is 1. The van der Waals surface area contributed by atoms with Crippen molar-refractivity contribution >= 4 is 61.7 Å². The Morgan fingerprint density at radius 3 is 2.07 bits per heavy atom. The van der Waals surface area contributed by atoms with Gasteiger partial charge in [-0.2, -0.15) is 18.2 Å². The fraction of sp³-hybridized carbons (Fsp3) is 0.165. The number of nitrogens with zero attached hydrogens (tertiary/aromatic N) is 4. The van der Waals surface area contributed by atoms with Crippen LogP contribution in [0.1, 0.15) is 136 Å². The predicted molar refractivity (Wildman–Crippen MR) is 351 cm³/mol. The molecule has 0 unspecified atom stereocenters. The first-order chi connectivity index (χ1) is 56.5. The summed E-state index contributed by atoms with van der Waals surface area (Å²) in [5.74, 6) is -0.867. The standard InChI is InChI=1S/C79H66N4OSi.Pt/c1-55-48-77(80-53-71(55)56-24-8-4-9-25-56)83-73-40-17-16-37-69(73)70-45-44-62(52-76(70)83)84-61-29-21-28-60(51-61)81-54-82(75-42-19-18-41-74(75)81)78-67(38-22-39-68(78)58-43-46-72-59(49-58)27-23-47-79(72,2)3)57-26-20-36-66(50-57)85(63-30-10-5-11-31-63,64-32-12-6-13-33-64)65-34-14-7-15-35-65;/h5-7,10-22,26,28-46,48-50,53,56H,4,8-9,23-25,27,47H2,1-3H3;/q-2;/i1D3,2D3,3D3,5D,6D,7D,10D,11D,12D,13D,14D,15D,20D,23D2,26D,30D,31D,32D,33D,34D,35D,36D,43D,46D,47D2,49D,50D,56D;. The van der Waals surface area contributed by atoms with Crippen LogP contribution >= 0.6 is 0 Å². The molecule has 424 valence electrons. The minimum absolute atomic E-state index is 0. The average molecular weight is 1350 g/mol. The number of aryl methyl sites for hydroxylation is 1. The molecule has 0 aliphatic heterocycles. The summed E-state index contributed by atoms with van der Waals surface area (Å²) < 4.78 is 349. The molecule has 7 heteroatoms. The van der Waals surface area contributed by atoms with E-state index in [9.17, 15) is 32.9 Å². The second-order valence-electron chi connectivity index (χ2n) is 20.5. The number of hydrogen-bond acceptors (Lipinski definition) is 2. The van der Waals surface area contributed by atoms with Crippen molar-refractivity contribution in [3.05, 3.63) is 283 Å². The van der Waals surface area contributed by atoms with Crippen LogP contribution in [-0.4, -0.2) is 22.2 Å². The SMILES string of the molecule is [2H]c1c([2H])c([2H])c([Si](c2c([2H])c([2H])c([2H])c([2H])c2[2H])(c2c([2H])c([2H])c([2H])c([2H])c2[2H])c2c([2H])c([2H])c([2H])c(-c3cccc(-c4c([2H])c([2H])c5c(c4[2H])CC([2H])([2H])C([2H])([2H])C5(C([2H])([2H])[2H])C([2H])([2H])[2H])c3-[n+]3[c-]n(-c4[c-]c(Oc5[c-]c6c(cc5)c5ccccc5n6-c5cc(C([2H])([2H])[2H])c(C6([2H])CCCCC6)cn5)ccc4)c4ccccc43)c2[2H])c([2H])c1[2H].[Pt]. The minimum atomic E-state index is -6.58. The van der Waals surface area contributed by atoms with Crippen molar-refractivity contribution in [2.24, 2.45) is 0 Å². The normalized spacial score (nSPS) is 22.2. The van der Waals surface area contributed by atoms with Gasteiger partial charge in [0.15, 0.2) is 8.07 Å². The van der Waals surface area contributed by atoms with Crippen LogP contribution in [-0.2, 0) is 32.9 Å². The largest absolute Gasteiger partial charge is 0.510 e. The zero-order valence-electron chi connectivity index (χ0n) is 81.1. The third-order valence-electron chi connectivity index (χ3n) is 15.5. The van der Waals surface area contributed by atoms with Crippen LogP contribution in [0, 0.1) is 25.3 Å². The Kier molecular flexibility index (Phi) is 7.54. The van der Waals surface area contributed by atoms with Crippen molar-refractivity contribution in [3.63, 3.8) is 0 Å². The van der Waals surface area contributed by atoms with Crippen LogP contribution in [0.25, 0.3) is 72.3 Å². The fourth-order valence-corrected chi connectivity index (χ4v) is 15.3. The Morgan fingerprint density at radius 1 is 0.663 bits per heavy atom. The molecule has 2 aliphatic carbocycles. The van der Waals surface area contributed by atoms with E-state index >= 15 is 0 Å². The first-order valence-corrected chi connectivity index (χ1v) is 29.2. The molecule has 0 N–H and O–H groups in total. The Labute approximate surface area is 571 Å². The molecule has 3 heterocycles. The molecule has 86 heavy (non-hydrogen) atoms. The molecular formula is C79H66N4OPtSi-2. The summed E-state index contributed by atoms with van der Waals surface area (Å²) in [6.45, 7) is -10.8. The summed E-state index contributed by atoms with van der Waals surface area (Å²) in [6.07, 6.45) is -0.758. The Hall–Kier alpha value is -8.67. The van der Waals surface area contributed by atoms with Crippen molar-refractivity contribution in [2.45, 2.75) is 83.1 Å². The Morgan fingerprint density at radius 2 is 1.34 bits per heavy atom. The van der Waals surface area contributed by atoms with Crippen LogP contribution in [0.5, 0.6) is 11.5 Å². The monoisotopic (exact) mass is 1350 g/mol. The first-order valence-electron chi connectivity index (χ1n) is 45.2. The van der Waals surface area contributed by atoms with Gasteiger partial charge >= 0.3 is 0 Å². The van der Waals surface area contributed by atoms with Gasteiger partial charge in [-0.3, -0.25) is 4.57 Å². The zero-order valence-corrected chi connectivity index (χ0v) is 48.4. The topological polar surface area (TPSA) is 35.9 Å². The molecule has 1 saturated carbocycles. The van der Waals surface area contributed by atoms with E-state index in [-0.39, 0.29) is 60.7 Å². The van der Waals surface area contributed by atoms with Gasteiger partial charge in [0.25, 0.3) is 6.33 Å². The summed E-state index contributed by atoms with van der Waals surface area (Å²) in [6, 6.07) is 5.99. The van der Waals surface area contributed by atoms with Gasteiger partial charge in [0, 0.05) is 63.5 Å². The van der Waals surface area contributed by atoms with E-state index in [1.807, 2.05) is 18.2 Å². The summed E-state index contributed by atoms with van der Waals surface area (Å²) >= 11 is 0. The third kappa shape index (κ3) is 9.68. The van der Waals surface area contributed by atoms with Crippen LogP contribution in [0.4, 0.5) is 0 Å². The molecule has 10 aromatic carbocycles. The van der Waals surface area contributed by atoms with Gasteiger partial charge in [-0.1, -0.05) is 232 Å². The third-order valence-corrected chi connectivity index (χ3v) is 19.5. The maximum Gasteiger partial charge on any atom is 0.268 e. The number of ether oxygens (including phenoxy) is 1. The van der Waals surface area contributed by atoms with Gasteiger partial charge in [0.05, 0.1) is 46.9 Å². The van der Waals surface area contributed by atoms with E-state index in [4.69, 9.17) is 26.2 Å². The minimum Gasteiger partial charge on any atom is -0.510 e. The summed E-state index contributed by atoms with van der Waals surface area (Å²) in [7, 11) is -6.58. The van der Waals surface area contributed by atoms with Crippen LogP contribution in [0.15, 0.2) is 242 Å². The van der Waals surface area contributed by atoms with Crippen molar-refractivity contribution in [1.29, 1.82) is 0 Å². The van der Waals surface area contributed by atoms with Crippen molar-refractivity contribution < 1.29 is 79.7 Å². The van der Waals surface area contributed by atoms with Gasteiger partial charge in [-0.25, -0.2) is 4.98 Å². The van der Waals surface area contributed by atoms with Crippen molar-refractivity contribution in [2.75, 3.05) is 0 Å². The van der Waals surface area contributed by atoms with Crippen LogP contribution in [0.2, 0.25) is 0 Å². The summed E-state index contributed by atoms with van der Waals surface area (Å²) in [5, 5.41) is -3.29. The molecule has 13 aromatic rings. The first kappa shape index (κ1) is 28.2. The van der Waals surface area contributed by atoms with E-state index in [2.05, 4.69) is 18.5 Å². The zero-order chi connectivity index (χ0) is 88.2. The smallest absolute Gasteiger partial charge is 0.268 e. The van der Waals surface area contributed by atoms with Crippen LogP contribution in [0.3, 0.4) is 0 Å². The van der Waals surface area contributed by atoms with Crippen LogP contribution < -0.4 is 30.1 Å². The van der Waals surface area contributed by atoms with Gasteiger partial charge < -0.3 is 13.9 Å². The summed E-state index contributed by atoms with van der Waals surface area (Å²) in [5.41, 5.74) is -7.76. The van der Waals surface area contributed by atoms with Gasteiger partial charge in [0.1, 0.15) is 5.82 Å². The molecule has 0 atom stereocenters. The van der Waals surface area contributed by atoms with E-state index in [1.165, 1.54) is 51.7 Å². The van der Waals surface area contributed by atoms with E-state index in [0.717, 1.165) is 30.7 Å². The molecular weight excluding hydrogens is 1240 g/mol.